The summed E-state index contributed by atoms with van der Waals surface area (Å²) in [6.45, 7) is 11.6. The number of thioether (sulfide) groups is 1. The van der Waals surface area contributed by atoms with Crippen molar-refractivity contribution in [2.75, 3.05) is 47.9 Å². The molecule has 0 aromatic heterocycles. The Labute approximate surface area is 173 Å². The Hall–Kier alpha value is -1.98. The Morgan fingerprint density at radius 3 is 2.36 bits per heavy atom. The van der Waals surface area contributed by atoms with Gasteiger partial charge in [0, 0.05) is 61.2 Å². The van der Waals surface area contributed by atoms with Crippen molar-refractivity contribution < 1.29 is 4.79 Å². The molecule has 1 amide bonds. The van der Waals surface area contributed by atoms with E-state index in [0.29, 0.717) is 5.56 Å². The molecule has 150 valence electrons. The summed E-state index contributed by atoms with van der Waals surface area (Å²) in [6, 6.07) is 14.2. The summed E-state index contributed by atoms with van der Waals surface area (Å²) in [4.78, 5) is 17.4. The Morgan fingerprint density at radius 2 is 1.75 bits per heavy atom. The molecule has 0 saturated carbocycles. The van der Waals surface area contributed by atoms with Crippen LogP contribution in [-0.4, -0.2) is 48.5 Å². The van der Waals surface area contributed by atoms with Gasteiger partial charge in [-0.05, 0) is 62.2 Å². The number of amides is 1. The molecule has 0 bridgehead atoms. The van der Waals surface area contributed by atoms with E-state index in [9.17, 15) is 4.79 Å². The summed E-state index contributed by atoms with van der Waals surface area (Å²) in [5, 5.41) is 3.06. The molecule has 1 aliphatic rings. The molecule has 1 fully saturated rings. The van der Waals surface area contributed by atoms with Gasteiger partial charge in [-0.2, -0.15) is 11.8 Å². The number of aryl methyl sites for hydroxylation is 1. The normalized spacial score (nSPS) is 14.7. The molecule has 1 aliphatic heterocycles. The SMILES string of the molecule is CCN(CC)c1ccc(C(=O)Nc2ccc(CN3CCSCC3)cc2C)cc1. The van der Waals surface area contributed by atoms with Crippen LogP contribution in [0.4, 0.5) is 11.4 Å². The number of hydrogen-bond donors (Lipinski definition) is 1. The van der Waals surface area contributed by atoms with E-state index in [0.717, 1.165) is 49.7 Å². The third-order valence-electron chi connectivity index (χ3n) is 5.31. The molecule has 5 heteroatoms. The Balaban J connectivity index is 1.63. The lowest BCUT2D eigenvalue weighted by atomic mass is 10.1. The number of nitrogens with zero attached hydrogens (tertiary/aromatic N) is 2. The van der Waals surface area contributed by atoms with E-state index in [1.165, 1.54) is 17.1 Å². The Kier molecular flexibility index (Phi) is 7.40. The van der Waals surface area contributed by atoms with Crippen LogP contribution in [0.3, 0.4) is 0 Å². The maximum absolute atomic E-state index is 12.7. The summed E-state index contributed by atoms with van der Waals surface area (Å²) in [5.41, 5.74) is 5.14. The first kappa shape index (κ1) is 20.7. The van der Waals surface area contributed by atoms with Gasteiger partial charge in [-0.1, -0.05) is 12.1 Å². The second-order valence-corrected chi connectivity index (χ2v) is 8.44. The van der Waals surface area contributed by atoms with Crippen molar-refractivity contribution in [2.45, 2.75) is 27.3 Å². The van der Waals surface area contributed by atoms with E-state index in [2.05, 4.69) is 48.0 Å². The molecular weight excluding hydrogens is 366 g/mol. The van der Waals surface area contributed by atoms with Crippen molar-refractivity contribution in [1.29, 1.82) is 0 Å². The molecule has 28 heavy (non-hydrogen) atoms. The molecule has 1 heterocycles. The highest BCUT2D eigenvalue weighted by Gasteiger charge is 2.13. The van der Waals surface area contributed by atoms with E-state index >= 15 is 0 Å². The molecule has 4 nitrogen and oxygen atoms in total. The highest BCUT2D eigenvalue weighted by molar-refractivity contribution is 7.99. The molecule has 0 atom stereocenters. The number of anilines is 2. The number of nitrogens with one attached hydrogen (secondary N) is 1. The maximum atomic E-state index is 12.7. The van der Waals surface area contributed by atoms with Gasteiger partial charge < -0.3 is 10.2 Å². The van der Waals surface area contributed by atoms with Crippen LogP contribution in [0.15, 0.2) is 42.5 Å². The molecule has 3 rings (SSSR count). The van der Waals surface area contributed by atoms with Gasteiger partial charge in [-0.25, -0.2) is 0 Å². The molecule has 1 N–H and O–H groups in total. The minimum absolute atomic E-state index is 0.0602. The highest BCUT2D eigenvalue weighted by atomic mass is 32.2. The second kappa shape index (κ2) is 9.99. The van der Waals surface area contributed by atoms with Crippen LogP contribution >= 0.6 is 11.8 Å². The summed E-state index contributed by atoms with van der Waals surface area (Å²) in [5.74, 6) is 2.38. The number of hydrogen-bond acceptors (Lipinski definition) is 4. The lowest BCUT2D eigenvalue weighted by Gasteiger charge is -2.26. The van der Waals surface area contributed by atoms with Gasteiger partial charge in [-0.3, -0.25) is 9.69 Å². The fourth-order valence-electron chi connectivity index (χ4n) is 3.59. The van der Waals surface area contributed by atoms with Crippen LogP contribution in [0.1, 0.15) is 35.3 Å². The van der Waals surface area contributed by atoms with Crippen molar-refractivity contribution in [2.24, 2.45) is 0 Å². The lowest BCUT2D eigenvalue weighted by molar-refractivity contribution is 0.102. The molecule has 0 spiro atoms. The lowest BCUT2D eigenvalue weighted by Crippen LogP contribution is -2.31. The van der Waals surface area contributed by atoms with Gasteiger partial charge in [0.1, 0.15) is 0 Å². The molecule has 0 aliphatic carbocycles. The van der Waals surface area contributed by atoms with Crippen LogP contribution in [0, 0.1) is 6.92 Å². The van der Waals surface area contributed by atoms with Gasteiger partial charge in [0.15, 0.2) is 0 Å². The first-order chi connectivity index (χ1) is 13.6. The van der Waals surface area contributed by atoms with Crippen molar-refractivity contribution in [3.8, 4) is 0 Å². The van der Waals surface area contributed by atoms with Gasteiger partial charge in [0.2, 0.25) is 0 Å². The van der Waals surface area contributed by atoms with Crippen molar-refractivity contribution in [3.63, 3.8) is 0 Å². The van der Waals surface area contributed by atoms with Gasteiger partial charge in [0.05, 0.1) is 0 Å². The topological polar surface area (TPSA) is 35.6 Å². The molecular formula is C23H31N3OS. The standard InChI is InChI=1S/C23H31N3OS/c1-4-26(5-2)21-9-7-20(8-10-21)23(27)24-22-11-6-19(16-18(22)3)17-25-12-14-28-15-13-25/h6-11,16H,4-5,12-15,17H2,1-3H3,(H,24,27). The molecule has 2 aromatic rings. The van der Waals surface area contributed by atoms with Crippen molar-refractivity contribution >= 4 is 29.0 Å². The zero-order valence-corrected chi connectivity index (χ0v) is 18.0. The van der Waals surface area contributed by atoms with Crippen molar-refractivity contribution in [1.82, 2.24) is 4.90 Å². The van der Waals surface area contributed by atoms with E-state index in [4.69, 9.17) is 0 Å². The molecule has 2 aromatic carbocycles. The first-order valence-electron chi connectivity index (χ1n) is 10.2. The molecule has 0 radical (unpaired) electrons. The van der Waals surface area contributed by atoms with Gasteiger partial charge >= 0.3 is 0 Å². The summed E-state index contributed by atoms with van der Waals surface area (Å²) in [7, 11) is 0. The number of rotatable bonds is 7. The average Bonchev–Trinajstić information content (AvgIpc) is 2.72. The summed E-state index contributed by atoms with van der Waals surface area (Å²) in [6.07, 6.45) is 0. The van der Waals surface area contributed by atoms with Crippen LogP contribution in [0.2, 0.25) is 0 Å². The first-order valence-corrected chi connectivity index (χ1v) is 11.3. The quantitative estimate of drug-likeness (QED) is 0.738. The van der Waals surface area contributed by atoms with Crippen LogP contribution in [-0.2, 0) is 6.54 Å². The fourth-order valence-corrected chi connectivity index (χ4v) is 4.57. The largest absolute Gasteiger partial charge is 0.372 e. The second-order valence-electron chi connectivity index (χ2n) is 7.21. The fraction of sp³-hybridized carbons (Fsp3) is 0.435. The van der Waals surface area contributed by atoms with E-state index in [-0.39, 0.29) is 5.91 Å². The predicted octanol–water partition coefficient (Wildman–Crippen LogP) is 4.64. The van der Waals surface area contributed by atoms with E-state index < -0.39 is 0 Å². The van der Waals surface area contributed by atoms with Crippen LogP contribution in [0.5, 0.6) is 0 Å². The van der Waals surface area contributed by atoms with Gasteiger partial charge in [0.25, 0.3) is 5.91 Å². The third-order valence-corrected chi connectivity index (χ3v) is 6.25. The van der Waals surface area contributed by atoms with E-state index in [1.807, 2.05) is 42.1 Å². The zero-order chi connectivity index (χ0) is 19.9. The van der Waals surface area contributed by atoms with Crippen LogP contribution < -0.4 is 10.2 Å². The Bertz CT molecular complexity index is 781. The minimum Gasteiger partial charge on any atom is -0.372 e. The highest BCUT2D eigenvalue weighted by Crippen LogP contribution is 2.21. The van der Waals surface area contributed by atoms with E-state index in [1.54, 1.807) is 0 Å². The maximum Gasteiger partial charge on any atom is 0.255 e. The van der Waals surface area contributed by atoms with Crippen molar-refractivity contribution in [3.05, 3.63) is 59.2 Å². The molecule has 0 unspecified atom stereocenters. The monoisotopic (exact) mass is 397 g/mol. The number of carbonyl (C=O) groups excluding carboxylic acids is 1. The zero-order valence-electron chi connectivity index (χ0n) is 17.2. The summed E-state index contributed by atoms with van der Waals surface area (Å²) >= 11 is 2.03. The third kappa shape index (κ3) is 5.30. The number of carbonyl (C=O) groups is 1. The predicted molar refractivity (Wildman–Crippen MR) is 122 cm³/mol. The number of benzene rings is 2. The minimum atomic E-state index is -0.0602. The smallest absolute Gasteiger partial charge is 0.255 e. The van der Waals surface area contributed by atoms with Crippen LogP contribution in [0.25, 0.3) is 0 Å². The average molecular weight is 398 g/mol. The Morgan fingerprint density at radius 1 is 1.07 bits per heavy atom. The molecule has 1 saturated heterocycles. The summed E-state index contributed by atoms with van der Waals surface area (Å²) < 4.78 is 0. The van der Waals surface area contributed by atoms with Gasteiger partial charge in [-0.15, -0.1) is 0 Å².